The molecular weight excluding hydrogens is 204 g/mol. The van der Waals surface area contributed by atoms with Gasteiger partial charge >= 0.3 is 0 Å². The van der Waals surface area contributed by atoms with E-state index in [-0.39, 0.29) is 17.4 Å². The summed E-state index contributed by atoms with van der Waals surface area (Å²) in [5.41, 5.74) is 0.416. The van der Waals surface area contributed by atoms with Crippen LogP contribution in [0.3, 0.4) is 0 Å². The summed E-state index contributed by atoms with van der Waals surface area (Å²) in [6.07, 6.45) is 0. The summed E-state index contributed by atoms with van der Waals surface area (Å²) < 4.78 is 4.90. The normalized spacial score (nSPS) is 13.6. The fourth-order valence-electron chi connectivity index (χ4n) is 1.40. The quantitative estimate of drug-likeness (QED) is 0.775. The Morgan fingerprint density at radius 3 is 2.44 bits per heavy atom. The van der Waals surface area contributed by atoms with E-state index in [0.29, 0.717) is 11.5 Å². The van der Waals surface area contributed by atoms with Gasteiger partial charge in [-0.15, -0.1) is 0 Å². The number of aryl methyl sites for hydroxylation is 1. The summed E-state index contributed by atoms with van der Waals surface area (Å²) in [5, 5.41) is 3.74. The predicted molar refractivity (Wildman–Crippen MR) is 62.3 cm³/mol. The Morgan fingerprint density at radius 2 is 2.06 bits per heavy atom. The second-order valence-corrected chi connectivity index (χ2v) is 5.28. The fraction of sp³-hybridized carbons (Fsp3) is 0.667. The van der Waals surface area contributed by atoms with E-state index in [2.05, 4.69) is 25.9 Å². The molecule has 1 rings (SSSR count). The van der Waals surface area contributed by atoms with E-state index >= 15 is 0 Å². The molecule has 0 N–H and O–H groups in total. The Bertz CT molecular complexity index is 377. The van der Waals surface area contributed by atoms with E-state index in [9.17, 15) is 4.79 Å². The lowest BCUT2D eigenvalue weighted by molar-refractivity contribution is 0.0619. The third-order valence-electron chi connectivity index (χ3n) is 3.00. The van der Waals surface area contributed by atoms with Crippen LogP contribution in [0.1, 0.15) is 43.9 Å². The Hall–Kier alpha value is -1.32. The number of carbonyl (C=O) groups excluding carboxylic acids is 1. The number of nitrogens with zero attached hydrogens (tertiary/aromatic N) is 2. The second-order valence-electron chi connectivity index (χ2n) is 5.28. The first kappa shape index (κ1) is 12.7. The largest absolute Gasteiger partial charge is 0.361 e. The van der Waals surface area contributed by atoms with E-state index in [0.717, 1.165) is 0 Å². The highest BCUT2D eigenvalue weighted by Gasteiger charge is 2.28. The molecule has 1 unspecified atom stereocenters. The zero-order valence-electron chi connectivity index (χ0n) is 10.9. The second kappa shape index (κ2) is 4.28. The van der Waals surface area contributed by atoms with Gasteiger partial charge in [-0.3, -0.25) is 4.79 Å². The molecule has 0 spiro atoms. The zero-order chi connectivity index (χ0) is 12.5. The third-order valence-corrected chi connectivity index (χ3v) is 3.00. The van der Waals surface area contributed by atoms with Gasteiger partial charge in [0.25, 0.3) is 5.91 Å². The first-order chi connectivity index (χ1) is 7.23. The Labute approximate surface area is 96.6 Å². The fourth-order valence-corrected chi connectivity index (χ4v) is 1.40. The van der Waals surface area contributed by atoms with Gasteiger partial charge in [0.15, 0.2) is 5.69 Å². The van der Waals surface area contributed by atoms with Crippen LogP contribution in [-0.2, 0) is 0 Å². The molecule has 1 amide bonds. The zero-order valence-corrected chi connectivity index (χ0v) is 10.9. The van der Waals surface area contributed by atoms with Crippen molar-refractivity contribution < 1.29 is 9.32 Å². The van der Waals surface area contributed by atoms with Gasteiger partial charge in [0.2, 0.25) is 0 Å². The Kier molecular flexibility index (Phi) is 3.41. The molecule has 0 saturated carbocycles. The van der Waals surface area contributed by atoms with Crippen LogP contribution in [0.15, 0.2) is 10.6 Å². The van der Waals surface area contributed by atoms with Crippen molar-refractivity contribution >= 4 is 5.91 Å². The van der Waals surface area contributed by atoms with Crippen LogP contribution in [0.2, 0.25) is 0 Å². The van der Waals surface area contributed by atoms with Gasteiger partial charge in [-0.25, -0.2) is 0 Å². The third kappa shape index (κ3) is 2.62. The molecule has 1 heterocycles. The molecule has 0 aliphatic heterocycles. The Morgan fingerprint density at radius 1 is 1.50 bits per heavy atom. The minimum Gasteiger partial charge on any atom is -0.361 e. The lowest BCUT2D eigenvalue weighted by Crippen LogP contribution is -2.43. The standard InChI is InChI=1S/C12H20N2O2/c1-8-7-10(13-16-8)11(15)14(6)9(2)12(3,4)5/h7,9H,1-6H3. The minimum atomic E-state index is -0.0979. The molecular formula is C12H20N2O2. The van der Waals surface area contributed by atoms with Gasteiger partial charge in [0.1, 0.15) is 5.76 Å². The molecule has 90 valence electrons. The molecule has 1 aromatic heterocycles. The van der Waals surface area contributed by atoms with E-state index in [1.54, 1.807) is 24.9 Å². The molecule has 0 fully saturated rings. The lowest BCUT2D eigenvalue weighted by Gasteiger charge is -2.34. The van der Waals surface area contributed by atoms with Crippen molar-refractivity contribution in [3.63, 3.8) is 0 Å². The maximum absolute atomic E-state index is 12.0. The molecule has 4 nitrogen and oxygen atoms in total. The molecule has 0 saturated heterocycles. The molecule has 0 radical (unpaired) electrons. The summed E-state index contributed by atoms with van der Waals surface area (Å²) in [5.74, 6) is 0.555. The highest BCUT2D eigenvalue weighted by molar-refractivity contribution is 5.92. The number of hydrogen-bond donors (Lipinski definition) is 0. The first-order valence-electron chi connectivity index (χ1n) is 5.44. The van der Waals surface area contributed by atoms with Gasteiger partial charge in [-0.1, -0.05) is 25.9 Å². The molecule has 0 aliphatic rings. The number of rotatable bonds is 2. The van der Waals surface area contributed by atoms with Crippen LogP contribution in [-0.4, -0.2) is 29.1 Å². The summed E-state index contributed by atoms with van der Waals surface area (Å²) >= 11 is 0. The van der Waals surface area contributed by atoms with Crippen LogP contribution in [0.5, 0.6) is 0 Å². The molecule has 0 bridgehead atoms. The van der Waals surface area contributed by atoms with Crippen molar-refractivity contribution in [2.75, 3.05) is 7.05 Å². The predicted octanol–water partition coefficient (Wildman–Crippen LogP) is 2.49. The van der Waals surface area contributed by atoms with Crippen LogP contribution >= 0.6 is 0 Å². The van der Waals surface area contributed by atoms with Crippen LogP contribution < -0.4 is 0 Å². The van der Waals surface area contributed by atoms with Crippen molar-refractivity contribution in [1.29, 1.82) is 0 Å². The SMILES string of the molecule is Cc1cc(C(=O)N(C)C(C)C(C)(C)C)no1. The van der Waals surface area contributed by atoms with E-state index in [1.807, 2.05) is 6.92 Å². The van der Waals surface area contributed by atoms with Crippen LogP contribution in [0, 0.1) is 12.3 Å². The van der Waals surface area contributed by atoms with Gasteiger partial charge in [0, 0.05) is 19.2 Å². The Balaban J connectivity index is 2.83. The summed E-state index contributed by atoms with van der Waals surface area (Å²) in [6, 6.07) is 1.80. The van der Waals surface area contributed by atoms with Gasteiger partial charge in [-0.05, 0) is 19.3 Å². The van der Waals surface area contributed by atoms with Gasteiger partial charge in [-0.2, -0.15) is 0 Å². The lowest BCUT2D eigenvalue weighted by atomic mass is 9.87. The number of carbonyl (C=O) groups is 1. The van der Waals surface area contributed by atoms with Crippen LogP contribution in [0.25, 0.3) is 0 Å². The average Bonchev–Trinajstić information content (AvgIpc) is 2.60. The van der Waals surface area contributed by atoms with Crippen molar-refractivity contribution in [2.45, 2.75) is 40.7 Å². The van der Waals surface area contributed by atoms with Crippen molar-refractivity contribution in [3.05, 3.63) is 17.5 Å². The average molecular weight is 224 g/mol. The van der Waals surface area contributed by atoms with E-state index in [4.69, 9.17) is 4.52 Å². The first-order valence-corrected chi connectivity index (χ1v) is 5.44. The van der Waals surface area contributed by atoms with Crippen molar-refractivity contribution in [2.24, 2.45) is 5.41 Å². The summed E-state index contributed by atoms with van der Waals surface area (Å²) in [4.78, 5) is 13.8. The molecule has 1 aromatic rings. The minimum absolute atomic E-state index is 0.0448. The molecule has 0 aromatic carbocycles. The monoisotopic (exact) mass is 224 g/mol. The van der Waals surface area contributed by atoms with Crippen LogP contribution in [0.4, 0.5) is 0 Å². The molecule has 0 aliphatic carbocycles. The molecule has 4 heteroatoms. The maximum atomic E-state index is 12.0. The number of hydrogen-bond acceptors (Lipinski definition) is 3. The number of aromatic nitrogens is 1. The number of amides is 1. The highest BCUT2D eigenvalue weighted by Crippen LogP contribution is 2.24. The van der Waals surface area contributed by atoms with Crippen molar-refractivity contribution in [1.82, 2.24) is 10.1 Å². The molecule has 16 heavy (non-hydrogen) atoms. The topological polar surface area (TPSA) is 46.3 Å². The van der Waals surface area contributed by atoms with Gasteiger partial charge < -0.3 is 9.42 Å². The van der Waals surface area contributed by atoms with E-state index < -0.39 is 0 Å². The summed E-state index contributed by atoms with van der Waals surface area (Å²) in [6.45, 7) is 10.1. The molecule has 1 atom stereocenters. The highest BCUT2D eigenvalue weighted by atomic mass is 16.5. The van der Waals surface area contributed by atoms with Gasteiger partial charge in [0.05, 0.1) is 0 Å². The summed E-state index contributed by atoms with van der Waals surface area (Å²) in [7, 11) is 1.79. The maximum Gasteiger partial charge on any atom is 0.276 e. The smallest absolute Gasteiger partial charge is 0.276 e. The van der Waals surface area contributed by atoms with Crippen molar-refractivity contribution in [3.8, 4) is 0 Å². The van der Waals surface area contributed by atoms with E-state index in [1.165, 1.54) is 0 Å².